The first kappa shape index (κ1) is 32.2. The van der Waals surface area contributed by atoms with Crippen molar-refractivity contribution in [3.63, 3.8) is 0 Å². The zero-order valence-corrected chi connectivity index (χ0v) is 25.8. The zero-order valence-electron chi connectivity index (χ0n) is 23.5. The number of rotatable bonds is 13. The van der Waals surface area contributed by atoms with E-state index in [1.807, 2.05) is 13.8 Å². The van der Waals surface area contributed by atoms with Crippen molar-refractivity contribution in [2.75, 3.05) is 18.0 Å². The second kappa shape index (κ2) is 14.6. The summed E-state index contributed by atoms with van der Waals surface area (Å²) in [6, 6.07) is 18.2. The van der Waals surface area contributed by atoms with Crippen LogP contribution in [0.1, 0.15) is 39.2 Å². The Morgan fingerprint density at radius 1 is 0.927 bits per heavy atom. The maximum atomic E-state index is 14.2. The molecule has 2 unspecified atom stereocenters. The molecule has 3 aromatic carbocycles. The minimum absolute atomic E-state index is 0.0119. The Balaban J connectivity index is 2.11. The van der Waals surface area contributed by atoms with Gasteiger partial charge in [-0.2, -0.15) is 0 Å². The van der Waals surface area contributed by atoms with E-state index in [0.29, 0.717) is 27.8 Å². The van der Waals surface area contributed by atoms with Gasteiger partial charge in [-0.1, -0.05) is 67.4 Å². The van der Waals surface area contributed by atoms with Crippen LogP contribution in [0.15, 0.2) is 77.7 Å². The molecule has 0 radical (unpaired) electrons. The molecule has 0 fully saturated rings. The van der Waals surface area contributed by atoms with Crippen LogP contribution in [0.25, 0.3) is 0 Å². The highest BCUT2D eigenvalue weighted by atomic mass is 35.5. The van der Waals surface area contributed by atoms with Crippen molar-refractivity contribution in [2.45, 2.75) is 57.1 Å². The van der Waals surface area contributed by atoms with Gasteiger partial charge in [-0.05, 0) is 56.2 Å². The van der Waals surface area contributed by atoms with Gasteiger partial charge >= 0.3 is 0 Å². The van der Waals surface area contributed by atoms with E-state index in [4.69, 9.17) is 27.9 Å². The van der Waals surface area contributed by atoms with Crippen molar-refractivity contribution >= 4 is 50.7 Å². The number of halogens is 2. The SMILES string of the molecule is CCC(C)NC(=O)C(CC)N(Cc1c(Cl)cccc1Cl)C(=O)CN(c1cccc(OC)c1)S(=O)(=O)c1ccccc1. The van der Waals surface area contributed by atoms with Crippen LogP contribution in [-0.4, -0.2) is 50.9 Å². The van der Waals surface area contributed by atoms with E-state index < -0.39 is 28.5 Å². The number of hydrogen-bond acceptors (Lipinski definition) is 5. The summed E-state index contributed by atoms with van der Waals surface area (Å²) < 4.78 is 34.2. The first-order valence-electron chi connectivity index (χ1n) is 13.3. The second-order valence-electron chi connectivity index (χ2n) is 9.49. The summed E-state index contributed by atoms with van der Waals surface area (Å²) >= 11 is 12.9. The maximum Gasteiger partial charge on any atom is 0.264 e. The summed E-state index contributed by atoms with van der Waals surface area (Å²) in [6.07, 6.45) is 0.978. The predicted octanol–water partition coefficient (Wildman–Crippen LogP) is 5.92. The van der Waals surface area contributed by atoms with Crippen molar-refractivity contribution < 1.29 is 22.7 Å². The molecular formula is C30H35Cl2N3O5S. The zero-order chi connectivity index (χ0) is 30.2. The Kier molecular flexibility index (Phi) is 11.5. The molecule has 3 aromatic rings. The molecule has 2 atom stereocenters. The number of benzene rings is 3. The Hall–Kier alpha value is -3.27. The number of anilines is 1. The Morgan fingerprint density at radius 3 is 2.15 bits per heavy atom. The molecule has 0 aliphatic carbocycles. The average molecular weight is 621 g/mol. The first-order chi connectivity index (χ1) is 19.5. The maximum absolute atomic E-state index is 14.2. The Morgan fingerprint density at radius 2 is 1.56 bits per heavy atom. The number of sulfonamides is 1. The monoisotopic (exact) mass is 619 g/mol. The molecule has 11 heteroatoms. The summed E-state index contributed by atoms with van der Waals surface area (Å²) in [5.74, 6) is -0.533. The molecule has 0 spiro atoms. The molecule has 2 amide bonds. The van der Waals surface area contributed by atoms with Crippen LogP contribution in [-0.2, 0) is 26.2 Å². The van der Waals surface area contributed by atoms with Gasteiger partial charge in [0.05, 0.1) is 17.7 Å². The molecule has 0 aliphatic heterocycles. The molecule has 41 heavy (non-hydrogen) atoms. The molecule has 0 heterocycles. The number of amides is 2. The summed E-state index contributed by atoms with van der Waals surface area (Å²) in [6.45, 7) is 4.92. The van der Waals surface area contributed by atoms with Crippen molar-refractivity contribution in [2.24, 2.45) is 0 Å². The van der Waals surface area contributed by atoms with E-state index in [0.717, 1.165) is 4.31 Å². The fourth-order valence-electron chi connectivity index (χ4n) is 4.23. The van der Waals surface area contributed by atoms with Crippen LogP contribution >= 0.6 is 23.2 Å². The topological polar surface area (TPSA) is 96.0 Å². The standard InChI is InChI=1S/C30H35Cl2N3O5S/c1-5-21(3)33-30(37)28(6-2)34(19-25-26(31)16-11-17-27(25)32)29(36)20-35(22-12-10-13-23(18-22)40-4)41(38,39)24-14-8-7-9-15-24/h7-18,21,28H,5-6,19-20H2,1-4H3,(H,33,37). The van der Waals surface area contributed by atoms with E-state index in [1.54, 1.807) is 61.5 Å². The van der Waals surface area contributed by atoms with Crippen LogP contribution in [0.2, 0.25) is 10.0 Å². The summed E-state index contributed by atoms with van der Waals surface area (Å²) in [5, 5.41) is 3.60. The predicted molar refractivity (Wildman–Crippen MR) is 163 cm³/mol. The summed E-state index contributed by atoms with van der Waals surface area (Å²) in [7, 11) is -2.73. The first-order valence-corrected chi connectivity index (χ1v) is 15.5. The largest absolute Gasteiger partial charge is 0.497 e. The lowest BCUT2D eigenvalue weighted by Gasteiger charge is -2.34. The molecule has 0 bridgehead atoms. The molecule has 0 aromatic heterocycles. The van der Waals surface area contributed by atoms with Gasteiger partial charge in [0.15, 0.2) is 0 Å². The lowest BCUT2D eigenvalue weighted by atomic mass is 10.1. The molecule has 8 nitrogen and oxygen atoms in total. The van der Waals surface area contributed by atoms with Gasteiger partial charge < -0.3 is 15.0 Å². The van der Waals surface area contributed by atoms with Crippen LogP contribution in [0.3, 0.4) is 0 Å². The number of carbonyl (C=O) groups excluding carboxylic acids is 2. The van der Waals surface area contributed by atoms with Gasteiger partial charge in [-0.25, -0.2) is 8.42 Å². The molecule has 3 rings (SSSR count). The van der Waals surface area contributed by atoms with Crippen molar-refractivity contribution in [3.8, 4) is 5.75 Å². The van der Waals surface area contributed by atoms with E-state index in [9.17, 15) is 18.0 Å². The minimum atomic E-state index is -4.19. The van der Waals surface area contributed by atoms with Crippen LogP contribution < -0.4 is 14.4 Å². The third-order valence-electron chi connectivity index (χ3n) is 6.73. The normalized spacial score (nSPS) is 12.7. The minimum Gasteiger partial charge on any atom is -0.497 e. The lowest BCUT2D eigenvalue weighted by molar-refractivity contribution is -0.140. The summed E-state index contributed by atoms with van der Waals surface area (Å²) in [4.78, 5) is 28.9. The van der Waals surface area contributed by atoms with Crippen LogP contribution in [0, 0.1) is 0 Å². The van der Waals surface area contributed by atoms with Gasteiger partial charge in [0.2, 0.25) is 11.8 Å². The van der Waals surface area contributed by atoms with Gasteiger partial charge in [-0.15, -0.1) is 0 Å². The Bertz CT molecular complexity index is 1430. The smallest absolute Gasteiger partial charge is 0.264 e. The van der Waals surface area contributed by atoms with Gasteiger partial charge in [0, 0.05) is 34.3 Å². The van der Waals surface area contributed by atoms with E-state index in [1.165, 1.54) is 30.2 Å². The van der Waals surface area contributed by atoms with Crippen molar-refractivity contribution in [3.05, 3.63) is 88.4 Å². The number of nitrogens with one attached hydrogen (secondary N) is 1. The highest BCUT2D eigenvalue weighted by Crippen LogP contribution is 2.30. The highest BCUT2D eigenvalue weighted by molar-refractivity contribution is 7.92. The Labute approximate surface area is 252 Å². The second-order valence-corrected chi connectivity index (χ2v) is 12.2. The van der Waals surface area contributed by atoms with Gasteiger partial charge in [0.1, 0.15) is 18.3 Å². The number of nitrogens with zero attached hydrogens (tertiary/aromatic N) is 2. The molecular weight excluding hydrogens is 585 g/mol. The number of carbonyl (C=O) groups is 2. The quantitative estimate of drug-likeness (QED) is 0.256. The van der Waals surface area contributed by atoms with Crippen molar-refractivity contribution in [1.82, 2.24) is 10.2 Å². The lowest BCUT2D eigenvalue weighted by Crippen LogP contribution is -2.53. The van der Waals surface area contributed by atoms with E-state index in [2.05, 4.69) is 5.32 Å². The molecule has 220 valence electrons. The van der Waals surface area contributed by atoms with Crippen LogP contribution in [0.5, 0.6) is 5.75 Å². The van der Waals surface area contributed by atoms with Crippen LogP contribution in [0.4, 0.5) is 5.69 Å². The van der Waals surface area contributed by atoms with Gasteiger partial charge in [0.25, 0.3) is 10.0 Å². The molecule has 0 saturated heterocycles. The van der Waals surface area contributed by atoms with E-state index >= 15 is 0 Å². The molecule has 0 saturated carbocycles. The molecule has 0 aliphatic rings. The fraction of sp³-hybridized carbons (Fsp3) is 0.333. The number of methoxy groups -OCH3 is 1. The third-order valence-corrected chi connectivity index (χ3v) is 9.22. The average Bonchev–Trinajstić information content (AvgIpc) is 2.97. The highest BCUT2D eigenvalue weighted by Gasteiger charge is 2.34. The van der Waals surface area contributed by atoms with Gasteiger partial charge in [-0.3, -0.25) is 13.9 Å². The number of hydrogen-bond donors (Lipinski definition) is 1. The number of ether oxygens (including phenoxy) is 1. The van der Waals surface area contributed by atoms with Crippen molar-refractivity contribution in [1.29, 1.82) is 0 Å². The summed E-state index contributed by atoms with van der Waals surface area (Å²) in [5.41, 5.74) is 0.687. The fourth-order valence-corrected chi connectivity index (χ4v) is 6.17. The molecule has 1 N–H and O–H groups in total. The third kappa shape index (κ3) is 7.93. The van der Waals surface area contributed by atoms with E-state index in [-0.39, 0.29) is 35.5 Å².